The molecule has 0 amide bonds. The maximum absolute atomic E-state index is 10.9. The molecule has 1 atom stereocenters. The third-order valence-corrected chi connectivity index (χ3v) is 4.31. The first kappa shape index (κ1) is 15.3. The van der Waals surface area contributed by atoms with Crippen molar-refractivity contribution in [1.82, 2.24) is 15.2 Å². The number of aliphatic carboxylic acids is 1. The number of nitrogens with zero attached hydrogens (tertiary/aromatic N) is 2. The van der Waals surface area contributed by atoms with E-state index in [2.05, 4.69) is 27.3 Å². The zero-order valence-corrected chi connectivity index (χ0v) is 13.2. The smallest absolute Gasteiger partial charge is 0.316 e. The van der Waals surface area contributed by atoms with Crippen LogP contribution in [0.3, 0.4) is 0 Å². The van der Waals surface area contributed by atoms with Gasteiger partial charge in [-0.2, -0.15) is 0 Å². The third-order valence-electron chi connectivity index (χ3n) is 3.36. The first-order chi connectivity index (χ1) is 11.1. The van der Waals surface area contributed by atoms with Crippen molar-refractivity contribution in [1.29, 1.82) is 0 Å². The Morgan fingerprint density at radius 3 is 2.30 bits per heavy atom. The fourth-order valence-electron chi connectivity index (χ4n) is 2.09. The summed E-state index contributed by atoms with van der Waals surface area (Å²) in [7, 11) is 0. The number of thioether (sulfide) groups is 1. The Morgan fingerprint density at radius 2 is 1.65 bits per heavy atom. The summed E-state index contributed by atoms with van der Waals surface area (Å²) < 4.78 is 0. The van der Waals surface area contributed by atoms with Crippen LogP contribution in [0.4, 0.5) is 0 Å². The van der Waals surface area contributed by atoms with Gasteiger partial charge in [-0.3, -0.25) is 9.89 Å². The summed E-state index contributed by atoms with van der Waals surface area (Å²) in [5, 5.41) is 15.7. The molecule has 2 aromatic carbocycles. The Labute approximate surface area is 137 Å². The van der Waals surface area contributed by atoms with Crippen LogP contribution in [0.1, 0.15) is 6.92 Å². The van der Waals surface area contributed by atoms with E-state index in [1.165, 1.54) is 0 Å². The van der Waals surface area contributed by atoms with E-state index in [1.807, 2.05) is 42.5 Å². The van der Waals surface area contributed by atoms with Gasteiger partial charge in [0.25, 0.3) is 0 Å². The van der Waals surface area contributed by atoms with Crippen molar-refractivity contribution < 1.29 is 9.90 Å². The van der Waals surface area contributed by atoms with Gasteiger partial charge in [-0.25, -0.2) is 4.98 Å². The summed E-state index contributed by atoms with van der Waals surface area (Å²) in [4.78, 5) is 15.2. The first-order valence-corrected chi connectivity index (χ1v) is 7.99. The number of carbonyl (C=O) groups is 1. The lowest BCUT2D eigenvalue weighted by Crippen LogP contribution is -2.11. The number of nitrogens with one attached hydrogen (secondary N) is 1. The standard InChI is InChI=1S/C17H15N3O2S/c1-11(16(21)22)23-17-18-15(19-20-17)14-9-7-13(8-10-14)12-5-3-2-4-6-12/h2-11H,1H3,(H,21,22)(H,18,19,20)/t11-/m0/s1. The van der Waals surface area contributed by atoms with Crippen LogP contribution in [0, 0.1) is 0 Å². The van der Waals surface area contributed by atoms with Crippen molar-refractivity contribution in [3.05, 3.63) is 54.6 Å². The number of carboxylic acid groups (broad SMARTS) is 1. The van der Waals surface area contributed by atoms with Crippen LogP contribution in [-0.4, -0.2) is 31.5 Å². The number of hydrogen-bond donors (Lipinski definition) is 2. The van der Waals surface area contributed by atoms with Crippen LogP contribution in [0.2, 0.25) is 0 Å². The van der Waals surface area contributed by atoms with Crippen LogP contribution < -0.4 is 0 Å². The summed E-state index contributed by atoms with van der Waals surface area (Å²) >= 11 is 1.11. The minimum absolute atomic E-state index is 0.432. The minimum Gasteiger partial charge on any atom is -0.480 e. The average molecular weight is 325 g/mol. The first-order valence-electron chi connectivity index (χ1n) is 7.11. The Balaban J connectivity index is 1.78. The number of hydrogen-bond acceptors (Lipinski definition) is 4. The number of aromatic amines is 1. The summed E-state index contributed by atoms with van der Waals surface area (Å²) in [6.07, 6.45) is 0. The van der Waals surface area contributed by atoms with E-state index < -0.39 is 11.2 Å². The lowest BCUT2D eigenvalue weighted by atomic mass is 10.0. The van der Waals surface area contributed by atoms with E-state index in [0.29, 0.717) is 11.0 Å². The van der Waals surface area contributed by atoms with E-state index in [1.54, 1.807) is 6.92 Å². The summed E-state index contributed by atoms with van der Waals surface area (Å²) in [5.41, 5.74) is 3.19. The Hall–Kier alpha value is -2.60. The Kier molecular flexibility index (Phi) is 4.43. The van der Waals surface area contributed by atoms with Crippen LogP contribution >= 0.6 is 11.8 Å². The molecule has 0 saturated heterocycles. The highest BCUT2D eigenvalue weighted by Crippen LogP contribution is 2.25. The molecule has 1 heterocycles. The van der Waals surface area contributed by atoms with Gasteiger partial charge in [-0.05, 0) is 18.1 Å². The molecule has 0 aliphatic carbocycles. The molecule has 2 N–H and O–H groups in total. The predicted molar refractivity (Wildman–Crippen MR) is 90.2 cm³/mol. The van der Waals surface area contributed by atoms with Crippen LogP contribution in [-0.2, 0) is 4.79 Å². The zero-order chi connectivity index (χ0) is 16.2. The van der Waals surface area contributed by atoms with Gasteiger partial charge in [0.05, 0.1) is 0 Å². The minimum atomic E-state index is -0.881. The molecule has 5 nitrogen and oxygen atoms in total. The molecule has 0 bridgehead atoms. The predicted octanol–water partition coefficient (Wildman–Crippen LogP) is 3.70. The van der Waals surface area contributed by atoms with Crippen molar-refractivity contribution in [3.8, 4) is 22.5 Å². The highest BCUT2D eigenvalue weighted by molar-refractivity contribution is 8.00. The van der Waals surface area contributed by atoms with Gasteiger partial charge in [-0.15, -0.1) is 5.10 Å². The van der Waals surface area contributed by atoms with E-state index in [4.69, 9.17) is 5.11 Å². The second-order valence-corrected chi connectivity index (χ2v) is 6.32. The molecule has 0 radical (unpaired) electrons. The molecule has 3 rings (SSSR count). The number of rotatable bonds is 5. The Morgan fingerprint density at radius 1 is 1.04 bits per heavy atom. The maximum Gasteiger partial charge on any atom is 0.316 e. The zero-order valence-electron chi connectivity index (χ0n) is 12.4. The van der Waals surface area contributed by atoms with E-state index >= 15 is 0 Å². The van der Waals surface area contributed by atoms with Crippen LogP contribution in [0.5, 0.6) is 0 Å². The van der Waals surface area contributed by atoms with Gasteiger partial charge in [0, 0.05) is 5.56 Å². The van der Waals surface area contributed by atoms with Crippen LogP contribution in [0.15, 0.2) is 59.8 Å². The molecular weight excluding hydrogens is 310 g/mol. The summed E-state index contributed by atoms with van der Waals surface area (Å²) in [5.74, 6) is -0.252. The quantitative estimate of drug-likeness (QED) is 0.699. The normalized spacial score (nSPS) is 12.0. The molecular formula is C17H15N3O2S. The van der Waals surface area contributed by atoms with Gasteiger partial charge < -0.3 is 5.11 Å². The number of benzene rings is 2. The van der Waals surface area contributed by atoms with E-state index in [-0.39, 0.29) is 0 Å². The van der Waals surface area contributed by atoms with E-state index in [9.17, 15) is 4.79 Å². The second-order valence-electron chi connectivity index (χ2n) is 5.01. The molecule has 1 aromatic heterocycles. The lowest BCUT2D eigenvalue weighted by Gasteiger charge is -2.02. The highest BCUT2D eigenvalue weighted by atomic mass is 32.2. The van der Waals surface area contributed by atoms with Crippen molar-refractivity contribution in [3.63, 3.8) is 0 Å². The summed E-state index contributed by atoms with van der Waals surface area (Å²) in [6.45, 7) is 1.61. The third kappa shape index (κ3) is 3.60. The fraction of sp³-hybridized carbons (Fsp3) is 0.118. The largest absolute Gasteiger partial charge is 0.480 e. The maximum atomic E-state index is 10.9. The molecule has 0 saturated carbocycles. The van der Waals surface area contributed by atoms with Gasteiger partial charge in [0.15, 0.2) is 5.82 Å². The molecule has 116 valence electrons. The molecule has 0 aliphatic heterocycles. The monoisotopic (exact) mass is 325 g/mol. The molecule has 0 fully saturated rings. The van der Waals surface area contributed by atoms with Crippen molar-refractivity contribution in [2.75, 3.05) is 0 Å². The van der Waals surface area contributed by atoms with Crippen molar-refractivity contribution in [2.24, 2.45) is 0 Å². The molecule has 0 unspecified atom stereocenters. The molecule has 3 aromatic rings. The fourth-order valence-corrected chi connectivity index (χ4v) is 2.75. The molecule has 0 aliphatic rings. The second kappa shape index (κ2) is 6.66. The molecule has 23 heavy (non-hydrogen) atoms. The SMILES string of the molecule is C[C@H](Sc1n[nH]c(-c2ccc(-c3ccccc3)cc2)n1)C(=O)O. The van der Waals surface area contributed by atoms with Gasteiger partial charge in [-0.1, -0.05) is 66.4 Å². The number of aromatic nitrogens is 3. The van der Waals surface area contributed by atoms with Crippen molar-refractivity contribution in [2.45, 2.75) is 17.3 Å². The molecule has 0 spiro atoms. The average Bonchev–Trinajstić information content (AvgIpc) is 3.04. The van der Waals surface area contributed by atoms with Crippen LogP contribution in [0.25, 0.3) is 22.5 Å². The Bertz CT molecular complexity index is 800. The van der Waals surface area contributed by atoms with E-state index in [0.717, 1.165) is 28.5 Å². The summed E-state index contributed by atoms with van der Waals surface area (Å²) in [6, 6.07) is 18.1. The van der Waals surface area contributed by atoms with Gasteiger partial charge in [0.1, 0.15) is 5.25 Å². The number of carboxylic acids is 1. The number of H-pyrrole nitrogens is 1. The topological polar surface area (TPSA) is 78.9 Å². The van der Waals surface area contributed by atoms with Crippen molar-refractivity contribution >= 4 is 17.7 Å². The molecule has 6 heteroatoms. The van der Waals surface area contributed by atoms with Gasteiger partial charge >= 0.3 is 5.97 Å². The lowest BCUT2D eigenvalue weighted by molar-refractivity contribution is -0.136. The van der Waals surface area contributed by atoms with Gasteiger partial charge in [0.2, 0.25) is 5.16 Å². The highest BCUT2D eigenvalue weighted by Gasteiger charge is 2.16.